The number of piperazine rings is 1. The Labute approximate surface area is 151 Å². The summed E-state index contributed by atoms with van der Waals surface area (Å²) in [7, 11) is -0.567. The highest BCUT2D eigenvalue weighted by Gasteiger charge is 2.31. The van der Waals surface area contributed by atoms with Gasteiger partial charge in [0.15, 0.2) is 0 Å². The van der Waals surface area contributed by atoms with E-state index >= 15 is 0 Å². The van der Waals surface area contributed by atoms with Crippen molar-refractivity contribution in [3.63, 3.8) is 0 Å². The normalized spacial score (nSPS) is 16.4. The Morgan fingerprint density at radius 1 is 1.15 bits per heavy atom. The molecule has 0 bridgehead atoms. The van der Waals surface area contributed by atoms with Crippen LogP contribution in [-0.2, 0) is 10.2 Å². The maximum Gasteiger partial charge on any atom is 0.281 e. The van der Waals surface area contributed by atoms with Crippen LogP contribution in [0.25, 0.3) is 5.65 Å². The van der Waals surface area contributed by atoms with E-state index in [1.807, 2.05) is 13.0 Å². The van der Waals surface area contributed by atoms with E-state index in [1.54, 1.807) is 12.3 Å². The fourth-order valence-electron chi connectivity index (χ4n) is 2.85. The molecule has 3 heterocycles. The third-order valence-electron chi connectivity index (χ3n) is 4.39. The first-order valence-electron chi connectivity index (χ1n) is 8.16. The van der Waals surface area contributed by atoms with Gasteiger partial charge in [0.2, 0.25) is 0 Å². The van der Waals surface area contributed by atoms with Crippen LogP contribution in [0.4, 0.5) is 0 Å². The molecule has 0 aliphatic carbocycles. The summed E-state index contributed by atoms with van der Waals surface area (Å²) in [5.74, 6) is -0.430. The number of carbonyl (C=O) groups is 1. The van der Waals surface area contributed by atoms with Crippen molar-refractivity contribution in [2.45, 2.75) is 6.92 Å². The summed E-state index contributed by atoms with van der Waals surface area (Å²) in [5, 5.41) is 0. The molecule has 1 fully saturated rings. The predicted molar refractivity (Wildman–Crippen MR) is 96.3 cm³/mol. The van der Waals surface area contributed by atoms with Gasteiger partial charge in [-0.1, -0.05) is 6.07 Å². The second-order valence-corrected chi connectivity index (χ2v) is 8.54. The maximum absolute atomic E-state index is 12.7. The standard InChI is InChI=1S/C16H21N5O4S/c1-12-4-5-14-17-10-13(16(23)21(14)11-12)15(22)19-6-8-20(9-7-19)26(24,25)18(2)3/h4-5,10-11H,6-9H2,1-3H3. The Morgan fingerprint density at radius 2 is 1.81 bits per heavy atom. The fourth-order valence-corrected chi connectivity index (χ4v) is 3.94. The Balaban J connectivity index is 1.82. The van der Waals surface area contributed by atoms with Crippen LogP contribution in [0.2, 0.25) is 0 Å². The van der Waals surface area contributed by atoms with Crippen molar-refractivity contribution >= 4 is 21.8 Å². The Hall–Kier alpha value is -2.30. The average Bonchev–Trinajstić information content (AvgIpc) is 2.62. The Bertz CT molecular complexity index is 1010. The number of pyridine rings is 1. The van der Waals surface area contributed by atoms with E-state index in [9.17, 15) is 18.0 Å². The molecule has 0 N–H and O–H groups in total. The second-order valence-electron chi connectivity index (χ2n) is 6.39. The van der Waals surface area contributed by atoms with Crippen molar-refractivity contribution in [1.29, 1.82) is 0 Å². The van der Waals surface area contributed by atoms with E-state index in [4.69, 9.17) is 0 Å². The Morgan fingerprint density at radius 3 is 2.42 bits per heavy atom. The SMILES string of the molecule is Cc1ccc2ncc(C(=O)N3CCN(S(=O)(=O)N(C)C)CC3)c(=O)n2c1. The number of nitrogens with zero attached hydrogens (tertiary/aromatic N) is 5. The van der Waals surface area contributed by atoms with Gasteiger partial charge in [0, 0.05) is 52.7 Å². The molecule has 0 aromatic carbocycles. The molecule has 0 saturated carbocycles. The molecule has 0 unspecified atom stereocenters. The highest BCUT2D eigenvalue weighted by molar-refractivity contribution is 7.86. The molecule has 26 heavy (non-hydrogen) atoms. The smallest absolute Gasteiger partial charge is 0.281 e. The first-order valence-corrected chi connectivity index (χ1v) is 9.56. The molecule has 0 spiro atoms. The molecular formula is C16H21N5O4S. The van der Waals surface area contributed by atoms with Crippen molar-refractivity contribution in [1.82, 2.24) is 22.9 Å². The zero-order valence-electron chi connectivity index (χ0n) is 14.9. The van der Waals surface area contributed by atoms with Crippen LogP contribution < -0.4 is 5.56 Å². The summed E-state index contributed by atoms with van der Waals surface area (Å²) in [6.07, 6.45) is 2.93. The minimum atomic E-state index is -3.50. The van der Waals surface area contributed by atoms with E-state index in [1.165, 1.54) is 33.9 Å². The van der Waals surface area contributed by atoms with Crippen molar-refractivity contribution in [3.05, 3.63) is 46.0 Å². The van der Waals surface area contributed by atoms with Crippen LogP contribution in [0.3, 0.4) is 0 Å². The average molecular weight is 379 g/mol. The quantitative estimate of drug-likeness (QED) is 0.721. The van der Waals surface area contributed by atoms with Crippen LogP contribution >= 0.6 is 0 Å². The van der Waals surface area contributed by atoms with E-state index in [0.717, 1.165) is 9.87 Å². The van der Waals surface area contributed by atoms with Crippen molar-refractivity contribution < 1.29 is 13.2 Å². The summed E-state index contributed by atoms with van der Waals surface area (Å²) < 4.78 is 28.1. The number of hydrogen-bond acceptors (Lipinski definition) is 5. The van der Waals surface area contributed by atoms with Gasteiger partial charge in [-0.2, -0.15) is 17.0 Å². The van der Waals surface area contributed by atoms with Crippen molar-refractivity contribution in [2.24, 2.45) is 0 Å². The van der Waals surface area contributed by atoms with Crippen molar-refractivity contribution in [3.8, 4) is 0 Å². The van der Waals surface area contributed by atoms with Crippen LogP contribution in [0.15, 0.2) is 29.3 Å². The molecule has 2 aromatic rings. The maximum atomic E-state index is 12.7. The highest BCUT2D eigenvalue weighted by Crippen LogP contribution is 2.12. The molecule has 1 saturated heterocycles. The van der Waals surface area contributed by atoms with Gasteiger partial charge in [-0.15, -0.1) is 0 Å². The molecular weight excluding hydrogens is 358 g/mol. The van der Waals surface area contributed by atoms with E-state index in [-0.39, 0.29) is 31.7 Å². The van der Waals surface area contributed by atoms with Gasteiger partial charge in [0.1, 0.15) is 11.2 Å². The summed E-state index contributed by atoms with van der Waals surface area (Å²) in [4.78, 5) is 31.0. The monoisotopic (exact) mass is 379 g/mol. The number of aryl methyl sites for hydroxylation is 1. The van der Waals surface area contributed by atoms with Crippen LogP contribution in [0.1, 0.15) is 15.9 Å². The van der Waals surface area contributed by atoms with Gasteiger partial charge < -0.3 is 4.90 Å². The number of hydrogen-bond donors (Lipinski definition) is 0. The molecule has 1 aliphatic heterocycles. The third kappa shape index (κ3) is 3.22. The third-order valence-corrected chi connectivity index (χ3v) is 6.33. The lowest BCUT2D eigenvalue weighted by atomic mass is 10.2. The first kappa shape index (κ1) is 18.5. The number of amides is 1. The molecule has 0 atom stereocenters. The Kier molecular flexibility index (Phi) is 4.82. The lowest BCUT2D eigenvalue weighted by molar-refractivity contribution is 0.0693. The minimum absolute atomic E-state index is 0.0167. The number of aromatic nitrogens is 2. The number of carbonyl (C=O) groups excluding carboxylic acids is 1. The van der Waals surface area contributed by atoms with Gasteiger partial charge in [0.25, 0.3) is 21.7 Å². The van der Waals surface area contributed by atoms with E-state index < -0.39 is 21.7 Å². The summed E-state index contributed by atoms with van der Waals surface area (Å²) in [5.41, 5.74) is 0.914. The molecule has 0 radical (unpaired) electrons. The van der Waals surface area contributed by atoms with Gasteiger partial charge in [0.05, 0.1) is 0 Å². The lowest BCUT2D eigenvalue weighted by Gasteiger charge is -2.35. The molecule has 3 rings (SSSR count). The molecule has 140 valence electrons. The summed E-state index contributed by atoms with van der Waals surface area (Å²) in [6, 6.07) is 3.56. The molecule has 1 amide bonds. The van der Waals surface area contributed by atoms with Gasteiger partial charge in [-0.25, -0.2) is 4.98 Å². The van der Waals surface area contributed by atoms with Crippen molar-refractivity contribution in [2.75, 3.05) is 40.3 Å². The lowest BCUT2D eigenvalue weighted by Crippen LogP contribution is -2.53. The second kappa shape index (κ2) is 6.78. The largest absolute Gasteiger partial charge is 0.336 e. The minimum Gasteiger partial charge on any atom is -0.336 e. The van der Waals surface area contributed by atoms with E-state index in [2.05, 4.69) is 4.98 Å². The number of rotatable bonds is 3. The summed E-state index contributed by atoms with van der Waals surface area (Å²) >= 11 is 0. The fraction of sp³-hybridized carbons (Fsp3) is 0.438. The van der Waals surface area contributed by atoms with Gasteiger partial charge >= 0.3 is 0 Å². The highest BCUT2D eigenvalue weighted by atomic mass is 32.2. The zero-order valence-corrected chi connectivity index (χ0v) is 15.7. The zero-order chi connectivity index (χ0) is 19.1. The molecule has 9 nitrogen and oxygen atoms in total. The van der Waals surface area contributed by atoms with Crippen LogP contribution in [-0.4, -0.2) is 77.5 Å². The summed E-state index contributed by atoms with van der Waals surface area (Å²) in [6.45, 7) is 2.68. The topological polar surface area (TPSA) is 95.3 Å². The van der Waals surface area contributed by atoms with Crippen LogP contribution in [0, 0.1) is 6.92 Å². The van der Waals surface area contributed by atoms with Crippen LogP contribution in [0.5, 0.6) is 0 Å². The first-order chi connectivity index (χ1) is 12.2. The van der Waals surface area contributed by atoms with E-state index in [0.29, 0.717) is 5.65 Å². The molecule has 10 heteroatoms. The van der Waals surface area contributed by atoms with Gasteiger partial charge in [-0.3, -0.25) is 14.0 Å². The number of fused-ring (bicyclic) bond motifs is 1. The van der Waals surface area contributed by atoms with Gasteiger partial charge in [-0.05, 0) is 18.6 Å². The molecule has 2 aromatic heterocycles. The molecule has 1 aliphatic rings. The predicted octanol–water partition coefficient (Wildman–Crippen LogP) is -0.433.